The molecule has 398 valence electrons. The minimum Gasteiger partial charge on any atom is -0.389 e. The lowest BCUT2D eigenvalue weighted by molar-refractivity contribution is -0.304. The summed E-state index contributed by atoms with van der Waals surface area (Å²) in [5.74, 6) is -0.642. The summed E-state index contributed by atoms with van der Waals surface area (Å²) in [4.78, 5) is 14.4. The van der Waals surface area contributed by atoms with Gasteiger partial charge in [-0.3, -0.25) is 4.79 Å². The predicted octanol–water partition coefficient (Wildman–Crippen LogP) is 11.4. The molecule has 9 atom stereocenters. The number of nitrogens with two attached hydrogens (primary N) is 2. The second-order valence-electron chi connectivity index (χ2n) is 20.5. The van der Waals surface area contributed by atoms with E-state index in [4.69, 9.17) is 25.7 Å². The van der Waals surface area contributed by atoms with Crippen LogP contribution in [-0.2, 0) is 19.0 Å². The lowest BCUT2D eigenvalue weighted by atomic mass is 9.91. The van der Waals surface area contributed by atoms with E-state index < -0.39 is 54.8 Å². The number of carbonyl (C=O) groups is 1. The van der Waals surface area contributed by atoms with E-state index in [1.165, 1.54) is 148 Å². The van der Waals surface area contributed by atoms with Gasteiger partial charge < -0.3 is 51.4 Å². The Morgan fingerprint density at radius 3 is 1.53 bits per heavy atom. The van der Waals surface area contributed by atoms with Crippen LogP contribution in [0.15, 0.2) is 30.3 Å². The Hall–Kier alpha value is -1.67. The first-order chi connectivity index (χ1) is 33.2. The van der Waals surface area contributed by atoms with Gasteiger partial charge in [-0.2, -0.15) is 0 Å². The minimum atomic E-state index is -1.56. The van der Waals surface area contributed by atoms with E-state index >= 15 is 0 Å². The minimum absolute atomic E-state index is 0.00651. The molecule has 1 amide bonds. The number of aliphatic hydroxyl groups excluding tert-OH is 4. The van der Waals surface area contributed by atoms with Gasteiger partial charge >= 0.3 is 0 Å². The van der Waals surface area contributed by atoms with E-state index in [1.807, 2.05) is 30.3 Å². The first-order valence-electron chi connectivity index (χ1n) is 28.6. The maximum atomic E-state index is 14.4. The summed E-state index contributed by atoms with van der Waals surface area (Å²) >= 11 is 0. The number of hydrogen-bond donors (Lipinski definition) is 7. The summed E-state index contributed by atoms with van der Waals surface area (Å²) in [6.45, 7) is 5.43. The topological polar surface area (TPSA) is 190 Å². The largest absolute Gasteiger partial charge is 0.389 e. The van der Waals surface area contributed by atoms with E-state index in [-0.39, 0.29) is 19.1 Å². The molecule has 0 saturated carbocycles. The van der Waals surface area contributed by atoms with Crippen molar-refractivity contribution >= 4 is 5.91 Å². The van der Waals surface area contributed by atoms with Crippen LogP contribution in [0.3, 0.4) is 0 Å². The van der Waals surface area contributed by atoms with Gasteiger partial charge in [-0.15, -0.1) is 0 Å². The highest BCUT2D eigenvalue weighted by atomic mass is 16.7. The fourth-order valence-electron chi connectivity index (χ4n) is 9.70. The van der Waals surface area contributed by atoms with Crippen LogP contribution < -0.4 is 16.8 Å². The normalized spacial score (nSPS) is 20.3. The quantitative estimate of drug-likeness (QED) is 0.0310. The molecule has 1 fully saturated rings. The van der Waals surface area contributed by atoms with Gasteiger partial charge in [0.1, 0.15) is 24.4 Å². The van der Waals surface area contributed by atoms with E-state index in [2.05, 4.69) is 19.2 Å². The molecule has 0 bridgehead atoms. The van der Waals surface area contributed by atoms with Gasteiger partial charge in [0.25, 0.3) is 0 Å². The maximum Gasteiger partial charge on any atom is 0.227 e. The fourth-order valence-corrected chi connectivity index (χ4v) is 9.70. The van der Waals surface area contributed by atoms with Gasteiger partial charge in [0.15, 0.2) is 6.29 Å². The van der Waals surface area contributed by atoms with Crippen LogP contribution in [0.4, 0.5) is 0 Å². The van der Waals surface area contributed by atoms with Gasteiger partial charge in [0.05, 0.1) is 31.3 Å². The van der Waals surface area contributed by atoms with Gasteiger partial charge in [-0.05, 0) is 37.8 Å². The lowest BCUT2D eigenvalue weighted by Crippen LogP contribution is -2.60. The van der Waals surface area contributed by atoms with E-state index in [1.54, 1.807) is 0 Å². The molecule has 2 rings (SSSR count). The predicted molar refractivity (Wildman–Crippen MR) is 281 cm³/mol. The number of aliphatic hydroxyl groups is 4. The van der Waals surface area contributed by atoms with Crippen molar-refractivity contribution in [3.63, 3.8) is 0 Å². The summed E-state index contributed by atoms with van der Waals surface area (Å²) in [5, 5.41) is 47.5. The molecular weight excluding hydrogens is 855 g/mol. The van der Waals surface area contributed by atoms with Gasteiger partial charge in [0.2, 0.25) is 5.91 Å². The Labute approximate surface area is 416 Å². The Kier molecular flexibility index (Phi) is 39.5. The first kappa shape index (κ1) is 62.4. The van der Waals surface area contributed by atoms with Crippen molar-refractivity contribution in [1.82, 2.24) is 5.32 Å². The molecule has 1 aromatic carbocycles. The van der Waals surface area contributed by atoms with E-state index in [0.29, 0.717) is 26.0 Å². The maximum absolute atomic E-state index is 14.4. The number of ether oxygens (including phenoxy) is 3. The second kappa shape index (κ2) is 43.0. The zero-order chi connectivity index (χ0) is 49.3. The van der Waals surface area contributed by atoms with E-state index in [0.717, 1.165) is 69.8 Å². The van der Waals surface area contributed by atoms with Gasteiger partial charge in [-0.1, -0.05) is 243 Å². The summed E-state index contributed by atoms with van der Waals surface area (Å²) in [6, 6.07) is 8.29. The monoisotopic (exact) mass is 962 g/mol. The molecule has 1 aromatic rings. The van der Waals surface area contributed by atoms with Crippen LogP contribution in [0.5, 0.6) is 0 Å². The number of hydrogen-bond acceptors (Lipinski definition) is 10. The highest BCUT2D eigenvalue weighted by Crippen LogP contribution is 2.26. The molecule has 11 heteroatoms. The van der Waals surface area contributed by atoms with Crippen molar-refractivity contribution in [2.45, 2.75) is 293 Å². The third-order valence-corrected chi connectivity index (χ3v) is 14.3. The number of benzene rings is 1. The lowest BCUT2D eigenvalue weighted by Gasteiger charge is -2.41. The van der Waals surface area contributed by atoms with Gasteiger partial charge in [0, 0.05) is 12.6 Å². The molecule has 1 aliphatic rings. The number of amides is 1. The SMILES string of the molecule is CCCCCCCCCCCCCCCCCCCC(C(=O)N[C@@H](COC1OC(COCCCCCCN)C(O)C(O)C1O)[C@H](O)[C@H](N)CCCCCCCCCCCCCC)c1ccccc1. The van der Waals surface area contributed by atoms with Crippen LogP contribution in [-0.4, -0.2) is 102 Å². The standard InChI is InChI=1S/C57H107N3O8/c1-3-5-7-9-11-13-15-17-18-19-20-21-22-24-26-28-35-41-48(47-39-33-32-34-40-47)56(65)60-50(52(61)49(59)42-36-29-27-25-23-16-14-12-10-8-6-4-2)45-67-57-55(64)54(63)53(62)51(68-57)46-66-44-38-31-30-37-43-58/h32-34,39-40,48-55,57,61-64H,3-31,35-38,41-46,58-59H2,1-2H3,(H,60,65)/t48?,49-,50+,51?,52-,53?,54?,55?,57?/m1/s1. The zero-order valence-corrected chi connectivity index (χ0v) is 43.7. The summed E-state index contributed by atoms with van der Waals surface area (Å²) in [7, 11) is 0. The molecule has 68 heavy (non-hydrogen) atoms. The third-order valence-electron chi connectivity index (χ3n) is 14.3. The summed E-state index contributed by atoms with van der Waals surface area (Å²) in [5.41, 5.74) is 13.2. The molecular formula is C57H107N3O8. The Morgan fingerprint density at radius 2 is 1.04 bits per heavy atom. The Balaban J connectivity index is 1.96. The zero-order valence-electron chi connectivity index (χ0n) is 43.7. The van der Waals surface area contributed by atoms with Crippen molar-refractivity contribution in [3.8, 4) is 0 Å². The molecule has 6 unspecified atom stereocenters. The number of carbonyl (C=O) groups excluding carboxylic acids is 1. The Bertz CT molecular complexity index is 1260. The highest BCUT2D eigenvalue weighted by Gasteiger charge is 2.45. The fraction of sp³-hybridized carbons (Fsp3) is 0.877. The molecule has 0 radical (unpaired) electrons. The van der Waals surface area contributed by atoms with Crippen molar-refractivity contribution in [3.05, 3.63) is 35.9 Å². The van der Waals surface area contributed by atoms with Crippen LogP contribution in [0, 0.1) is 0 Å². The van der Waals surface area contributed by atoms with Crippen LogP contribution in [0.25, 0.3) is 0 Å². The van der Waals surface area contributed by atoms with Crippen LogP contribution >= 0.6 is 0 Å². The highest BCUT2D eigenvalue weighted by molar-refractivity contribution is 5.84. The smallest absolute Gasteiger partial charge is 0.227 e. The van der Waals surface area contributed by atoms with Crippen molar-refractivity contribution < 1.29 is 39.4 Å². The van der Waals surface area contributed by atoms with Crippen LogP contribution in [0.2, 0.25) is 0 Å². The first-order valence-corrected chi connectivity index (χ1v) is 28.6. The molecule has 1 saturated heterocycles. The van der Waals surface area contributed by atoms with Crippen molar-refractivity contribution in [1.29, 1.82) is 0 Å². The molecule has 0 spiro atoms. The summed E-state index contributed by atoms with van der Waals surface area (Å²) in [6.07, 6.45) is 33.9. The Morgan fingerprint density at radius 1 is 0.603 bits per heavy atom. The number of unbranched alkanes of at least 4 members (excludes halogenated alkanes) is 30. The molecule has 0 aliphatic carbocycles. The van der Waals surface area contributed by atoms with Crippen molar-refractivity contribution in [2.75, 3.05) is 26.4 Å². The molecule has 0 aromatic heterocycles. The average Bonchev–Trinajstić information content (AvgIpc) is 3.35. The van der Waals surface area contributed by atoms with E-state index in [9.17, 15) is 25.2 Å². The van der Waals surface area contributed by atoms with Crippen LogP contribution in [0.1, 0.15) is 250 Å². The second-order valence-corrected chi connectivity index (χ2v) is 20.5. The number of nitrogens with one attached hydrogen (secondary N) is 1. The average molecular weight is 962 g/mol. The molecule has 1 aliphatic heterocycles. The summed E-state index contributed by atoms with van der Waals surface area (Å²) < 4.78 is 17.9. The van der Waals surface area contributed by atoms with Gasteiger partial charge in [-0.25, -0.2) is 0 Å². The molecule has 1 heterocycles. The third kappa shape index (κ3) is 29.6. The van der Waals surface area contributed by atoms with Crippen molar-refractivity contribution in [2.24, 2.45) is 11.5 Å². The molecule has 9 N–H and O–H groups in total. The number of rotatable bonds is 47. The molecule has 11 nitrogen and oxygen atoms in total.